The zero-order valence-electron chi connectivity index (χ0n) is 12.6. The predicted molar refractivity (Wildman–Crippen MR) is 91.6 cm³/mol. The van der Waals surface area contributed by atoms with E-state index >= 15 is 0 Å². The maximum atomic E-state index is 12.4. The molecule has 0 aliphatic carbocycles. The first-order chi connectivity index (χ1) is 10.7. The molecule has 3 aromatic carbocycles. The molecule has 2 heteroatoms. The maximum absolute atomic E-state index is 12.4. The van der Waals surface area contributed by atoms with Crippen LogP contribution in [0.3, 0.4) is 0 Å². The minimum atomic E-state index is -0.258. The van der Waals surface area contributed by atoms with Gasteiger partial charge in [0.25, 0.3) is 0 Å². The second kappa shape index (κ2) is 4.70. The van der Waals surface area contributed by atoms with Crippen molar-refractivity contribution in [1.29, 1.82) is 0 Å². The third-order valence-corrected chi connectivity index (χ3v) is 4.32. The van der Waals surface area contributed by atoms with Gasteiger partial charge in [-0.3, -0.25) is 0 Å². The highest BCUT2D eigenvalue weighted by molar-refractivity contribution is 6.13. The first kappa shape index (κ1) is 13.1. The Hall–Kier alpha value is -2.61. The van der Waals surface area contributed by atoms with Crippen LogP contribution in [0.1, 0.15) is 18.1 Å². The molecular formula is C20H16O2. The van der Waals surface area contributed by atoms with Crippen LogP contribution < -0.4 is 5.63 Å². The van der Waals surface area contributed by atoms with Crippen molar-refractivity contribution in [3.8, 4) is 0 Å². The average molecular weight is 288 g/mol. The quantitative estimate of drug-likeness (QED) is 0.365. The van der Waals surface area contributed by atoms with E-state index in [1.165, 1.54) is 5.56 Å². The molecule has 0 radical (unpaired) electrons. The molecule has 0 aliphatic rings. The summed E-state index contributed by atoms with van der Waals surface area (Å²) >= 11 is 0. The Bertz CT molecular complexity index is 1090. The molecule has 108 valence electrons. The second-order valence-electron chi connectivity index (χ2n) is 5.79. The van der Waals surface area contributed by atoms with Crippen LogP contribution in [0.15, 0.2) is 57.7 Å². The predicted octanol–water partition coefficient (Wildman–Crippen LogP) is 4.97. The Morgan fingerprint density at radius 1 is 0.864 bits per heavy atom. The van der Waals surface area contributed by atoms with Gasteiger partial charge in [-0.05, 0) is 41.8 Å². The molecule has 0 saturated carbocycles. The van der Waals surface area contributed by atoms with Crippen LogP contribution in [0.2, 0.25) is 0 Å². The highest BCUT2D eigenvalue weighted by Gasteiger charge is 2.10. The van der Waals surface area contributed by atoms with E-state index in [1.807, 2.05) is 30.3 Å². The van der Waals surface area contributed by atoms with Crippen LogP contribution in [-0.4, -0.2) is 0 Å². The smallest absolute Gasteiger partial charge is 0.344 e. The van der Waals surface area contributed by atoms with Crippen LogP contribution in [-0.2, 0) is 6.42 Å². The summed E-state index contributed by atoms with van der Waals surface area (Å²) in [5, 5.41) is 4.71. The van der Waals surface area contributed by atoms with Crippen molar-refractivity contribution in [2.24, 2.45) is 0 Å². The van der Waals surface area contributed by atoms with Gasteiger partial charge in [0.05, 0.1) is 5.39 Å². The summed E-state index contributed by atoms with van der Waals surface area (Å²) in [5.74, 6) is 0. The third-order valence-electron chi connectivity index (χ3n) is 4.32. The molecule has 0 saturated heterocycles. The van der Waals surface area contributed by atoms with Gasteiger partial charge < -0.3 is 4.42 Å². The molecule has 4 rings (SSSR count). The first-order valence-electron chi connectivity index (χ1n) is 7.56. The van der Waals surface area contributed by atoms with Gasteiger partial charge in [-0.1, -0.05) is 48.9 Å². The van der Waals surface area contributed by atoms with Gasteiger partial charge in [-0.2, -0.15) is 0 Å². The lowest BCUT2D eigenvalue weighted by Gasteiger charge is -2.07. The molecule has 0 atom stereocenters. The van der Waals surface area contributed by atoms with Gasteiger partial charge in [0.15, 0.2) is 0 Å². The van der Waals surface area contributed by atoms with Crippen LogP contribution in [0.5, 0.6) is 0 Å². The zero-order valence-corrected chi connectivity index (χ0v) is 12.6. The minimum Gasteiger partial charge on any atom is -0.422 e. The summed E-state index contributed by atoms with van der Waals surface area (Å²) in [4.78, 5) is 12.4. The van der Waals surface area contributed by atoms with E-state index in [0.29, 0.717) is 11.0 Å². The average Bonchev–Trinajstić information content (AvgIpc) is 2.54. The van der Waals surface area contributed by atoms with Crippen LogP contribution in [0.25, 0.3) is 32.5 Å². The lowest BCUT2D eigenvalue weighted by Crippen LogP contribution is -2.01. The van der Waals surface area contributed by atoms with Gasteiger partial charge >= 0.3 is 5.63 Å². The van der Waals surface area contributed by atoms with Crippen molar-refractivity contribution >= 4 is 32.5 Å². The molecule has 0 aliphatic heterocycles. The Balaban J connectivity index is 2.22. The molecular weight excluding hydrogens is 272 g/mol. The van der Waals surface area contributed by atoms with E-state index in [2.05, 4.69) is 32.0 Å². The highest BCUT2D eigenvalue weighted by Crippen LogP contribution is 2.30. The molecule has 0 unspecified atom stereocenters. The third kappa shape index (κ3) is 1.84. The van der Waals surface area contributed by atoms with Crippen LogP contribution in [0.4, 0.5) is 0 Å². The minimum absolute atomic E-state index is 0.258. The number of hydrogen-bond donors (Lipinski definition) is 0. The maximum Gasteiger partial charge on any atom is 0.344 e. The van der Waals surface area contributed by atoms with Gasteiger partial charge in [0, 0.05) is 10.8 Å². The van der Waals surface area contributed by atoms with Crippen LogP contribution >= 0.6 is 0 Å². The topological polar surface area (TPSA) is 30.2 Å². The summed E-state index contributed by atoms with van der Waals surface area (Å²) < 4.78 is 5.67. The largest absolute Gasteiger partial charge is 0.422 e. The summed E-state index contributed by atoms with van der Waals surface area (Å²) in [7, 11) is 0. The van der Waals surface area contributed by atoms with E-state index in [0.717, 1.165) is 33.5 Å². The van der Waals surface area contributed by atoms with E-state index in [4.69, 9.17) is 4.42 Å². The van der Waals surface area contributed by atoms with Crippen molar-refractivity contribution in [2.75, 3.05) is 0 Å². The number of fused-ring (bicyclic) bond motifs is 5. The van der Waals surface area contributed by atoms with Gasteiger partial charge in [-0.25, -0.2) is 4.79 Å². The standard InChI is InChI=1S/C20H16O2/c1-3-13-5-8-16-17-9-6-14-10-12(2)4-7-15(14)19(17)22-20(21)18(16)11-13/h4-11H,3H2,1-2H3. The summed E-state index contributed by atoms with van der Waals surface area (Å²) in [5.41, 5.74) is 2.77. The van der Waals surface area contributed by atoms with E-state index in [9.17, 15) is 4.79 Å². The SMILES string of the molecule is CCc1ccc2c(c1)c(=O)oc1c3ccc(C)cc3ccc21. The molecule has 2 nitrogen and oxygen atoms in total. The molecule has 1 heterocycles. The Morgan fingerprint density at radius 2 is 1.64 bits per heavy atom. The van der Waals surface area contributed by atoms with E-state index in [-0.39, 0.29) is 5.63 Å². The van der Waals surface area contributed by atoms with Crippen LogP contribution in [0, 0.1) is 6.92 Å². The first-order valence-corrected chi connectivity index (χ1v) is 7.56. The molecule has 0 N–H and O–H groups in total. The fraction of sp³-hybridized carbons (Fsp3) is 0.150. The van der Waals surface area contributed by atoms with Crippen molar-refractivity contribution in [3.63, 3.8) is 0 Å². The normalized spacial score (nSPS) is 11.5. The second-order valence-corrected chi connectivity index (χ2v) is 5.79. The number of benzene rings is 3. The fourth-order valence-corrected chi connectivity index (χ4v) is 3.11. The zero-order chi connectivity index (χ0) is 15.3. The fourth-order valence-electron chi connectivity index (χ4n) is 3.11. The number of aryl methyl sites for hydroxylation is 2. The van der Waals surface area contributed by atoms with E-state index < -0.39 is 0 Å². The van der Waals surface area contributed by atoms with Crippen molar-refractivity contribution in [1.82, 2.24) is 0 Å². The summed E-state index contributed by atoms with van der Waals surface area (Å²) in [6, 6.07) is 16.4. The number of rotatable bonds is 1. The molecule has 22 heavy (non-hydrogen) atoms. The Morgan fingerprint density at radius 3 is 2.45 bits per heavy atom. The van der Waals surface area contributed by atoms with E-state index in [1.54, 1.807) is 0 Å². The van der Waals surface area contributed by atoms with Gasteiger partial charge in [0.1, 0.15) is 5.58 Å². The molecule has 4 aromatic rings. The van der Waals surface area contributed by atoms with Crippen molar-refractivity contribution in [2.45, 2.75) is 20.3 Å². The molecule has 1 aromatic heterocycles. The van der Waals surface area contributed by atoms with Gasteiger partial charge in [-0.15, -0.1) is 0 Å². The Labute approximate surface area is 128 Å². The monoisotopic (exact) mass is 288 g/mol. The molecule has 0 amide bonds. The summed E-state index contributed by atoms with van der Waals surface area (Å²) in [6.07, 6.45) is 0.907. The summed E-state index contributed by atoms with van der Waals surface area (Å²) in [6.45, 7) is 4.14. The van der Waals surface area contributed by atoms with Crippen molar-refractivity contribution < 1.29 is 4.42 Å². The lowest BCUT2D eigenvalue weighted by molar-refractivity contribution is 0.573. The van der Waals surface area contributed by atoms with Gasteiger partial charge in [0.2, 0.25) is 0 Å². The molecule has 0 spiro atoms. The number of hydrogen-bond acceptors (Lipinski definition) is 2. The molecule has 0 fully saturated rings. The lowest BCUT2D eigenvalue weighted by atomic mass is 10.00. The Kier molecular flexibility index (Phi) is 2.80. The van der Waals surface area contributed by atoms with Crippen molar-refractivity contribution in [3.05, 3.63) is 70.1 Å². The molecule has 0 bridgehead atoms. The highest BCUT2D eigenvalue weighted by atomic mass is 16.4.